The molecule has 0 saturated heterocycles. The van der Waals surface area contributed by atoms with E-state index in [0.717, 1.165) is 100 Å². The first-order chi connectivity index (χ1) is 35.4. The summed E-state index contributed by atoms with van der Waals surface area (Å²) >= 11 is 0. The molecule has 9 aromatic carbocycles. The quantitative estimate of drug-likeness (QED) is 0.101. The fraction of sp³-hybridized carbons (Fsp3) is 0.0462. The molecule has 0 unspecified atom stereocenters. The number of hydrogen-bond acceptors (Lipinski definition) is 4. The van der Waals surface area contributed by atoms with E-state index in [1.807, 2.05) is 62.5 Å². The van der Waals surface area contributed by atoms with Gasteiger partial charge in [-0.2, -0.15) is 12.1 Å². The molecule has 0 N–H and O–H groups in total. The Hall–Kier alpha value is -8.47. The van der Waals surface area contributed by atoms with E-state index in [1.54, 1.807) is 0 Å². The molecular weight excluding hydrogens is 973 g/mol. The van der Waals surface area contributed by atoms with Crippen molar-refractivity contribution in [2.75, 3.05) is 9.80 Å². The third kappa shape index (κ3) is 7.66. The van der Waals surface area contributed by atoms with Crippen LogP contribution >= 0.6 is 0 Å². The van der Waals surface area contributed by atoms with Crippen LogP contribution in [0, 0.1) is 18.8 Å². The molecule has 350 valence electrons. The molecule has 0 fully saturated rings. The number of para-hydroxylation sites is 5. The predicted octanol–water partition coefficient (Wildman–Crippen LogP) is 17.0. The van der Waals surface area contributed by atoms with Crippen molar-refractivity contribution >= 4 is 55.6 Å². The minimum atomic E-state index is -0.929. The summed E-state index contributed by atoms with van der Waals surface area (Å²) in [5.41, 5.74) is 16.3. The van der Waals surface area contributed by atoms with Gasteiger partial charge in [0.05, 0.1) is 11.0 Å². The zero-order valence-electron chi connectivity index (χ0n) is 40.5. The summed E-state index contributed by atoms with van der Waals surface area (Å²) in [5.74, 6) is 0.848. The SMILES string of the molecule is [2H]C(C)(C)c1cc(-n2c3[c-]c(Oc4[c-]c(N5[CH-]N(c6c(-c7ccccc7)cccc6-c6ccccc6)c6ccccc65)ccc4)ccc3c3c2c2ccccc2n3-c2ccccc2)ncc1-c1ccccc1.[Pd]. The van der Waals surface area contributed by atoms with Gasteiger partial charge in [0.15, 0.2) is 0 Å². The fourth-order valence-electron chi connectivity index (χ4n) is 10.3. The maximum atomic E-state index is 9.40. The largest absolute Gasteiger partial charge is 0.509 e. The summed E-state index contributed by atoms with van der Waals surface area (Å²) in [4.78, 5) is 9.71. The van der Waals surface area contributed by atoms with Crippen LogP contribution in [0.1, 0.15) is 26.7 Å². The number of rotatable bonds is 10. The number of benzene rings is 9. The van der Waals surface area contributed by atoms with E-state index in [2.05, 4.69) is 220 Å². The molecule has 0 aliphatic carbocycles. The summed E-state index contributed by atoms with van der Waals surface area (Å²) in [6.07, 6.45) is 1.92. The summed E-state index contributed by atoms with van der Waals surface area (Å²) in [5, 5.41) is 2.06. The van der Waals surface area contributed by atoms with Crippen LogP contribution in [-0.4, -0.2) is 14.1 Å². The van der Waals surface area contributed by atoms with E-state index in [4.69, 9.17) is 9.72 Å². The molecule has 0 atom stereocenters. The molecule has 6 nitrogen and oxygen atoms in total. The van der Waals surface area contributed by atoms with E-state index in [-0.39, 0.29) is 20.4 Å². The summed E-state index contributed by atoms with van der Waals surface area (Å²) in [6.45, 7) is 6.04. The summed E-state index contributed by atoms with van der Waals surface area (Å²) in [7, 11) is 0. The van der Waals surface area contributed by atoms with Crippen LogP contribution < -0.4 is 14.5 Å². The maximum Gasteiger partial charge on any atom is 0.135 e. The zero-order valence-corrected chi connectivity index (χ0v) is 41.0. The Balaban J connectivity index is 0.00000543. The number of hydrogen-bond donors (Lipinski definition) is 0. The van der Waals surface area contributed by atoms with E-state index in [1.165, 1.54) is 0 Å². The second kappa shape index (κ2) is 18.7. The van der Waals surface area contributed by atoms with Gasteiger partial charge < -0.3 is 23.7 Å². The fourth-order valence-corrected chi connectivity index (χ4v) is 10.3. The average Bonchev–Trinajstić information content (AvgIpc) is 4.09. The van der Waals surface area contributed by atoms with Crippen molar-refractivity contribution in [3.05, 3.63) is 255 Å². The maximum absolute atomic E-state index is 9.40. The Bertz CT molecular complexity index is 3920. The standard InChI is InChI=1S/C65H46N5O.Pd/c1-44(2)56-41-62(66-42-57(56)47-25-11-5-12-26-47)70-61-40-51(37-38-55(61)64-65(70)54-31-15-16-34-58(54)69(64)48-27-13-6-14-28-48)71-50-30-19-29-49(39-50)67-43-68(60-36-18-17-35-59(60)67)63-52(45-21-7-3-8-22-45)32-20-33-53(63)46-23-9-4-10-24-46;/h3-38,41-44H,1-2H3;/q-3;/i44D;. The van der Waals surface area contributed by atoms with Gasteiger partial charge in [0.25, 0.3) is 0 Å². The molecule has 0 amide bonds. The predicted molar refractivity (Wildman–Crippen MR) is 291 cm³/mol. The normalized spacial score (nSPS) is 12.6. The number of aromatic nitrogens is 3. The minimum Gasteiger partial charge on any atom is -0.509 e. The minimum absolute atomic E-state index is 0. The third-order valence-corrected chi connectivity index (χ3v) is 13.5. The monoisotopic (exact) mass is 1020 g/mol. The smallest absolute Gasteiger partial charge is 0.135 e. The molecule has 7 heteroatoms. The van der Waals surface area contributed by atoms with E-state index < -0.39 is 5.89 Å². The van der Waals surface area contributed by atoms with Crippen molar-refractivity contribution in [1.29, 1.82) is 0 Å². The first-order valence-electron chi connectivity index (χ1n) is 24.5. The van der Waals surface area contributed by atoms with Crippen LogP contribution in [0.2, 0.25) is 0 Å². The molecule has 0 bridgehead atoms. The van der Waals surface area contributed by atoms with E-state index in [9.17, 15) is 1.37 Å². The second-order valence-electron chi connectivity index (χ2n) is 18.0. The number of ether oxygens (including phenoxy) is 1. The third-order valence-electron chi connectivity index (χ3n) is 13.5. The molecule has 0 spiro atoms. The molecule has 0 saturated carbocycles. The van der Waals surface area contributed by atoms with Gasteiger partial charge in [-0.25, -0.2) is 4.98 Å². The first kappa shape index (κ1) is 43.5. The molecule has 1 aliphatic heterocycles. The van der Waals surface area contributed by atoms with Crippen LogP contribution in [-0.2, 0) is 20.4 Å². The molecule has 1 aliphatic rings. The van der Waals surface area contributed by atoms with Crippen molar-refractivity contribution in [1.82, 2.24) is 14.1 Å². The first-order valence-corrected chi connectivity index (χ1v) is 24.0. The molecule has 12 aromatic rings. The molecule has 3 aromatic heterocycles. The van der Waals surface area contributed by atoms with Gasteiger partial charge in [0, 0.05) is 89.8 Å². The zero-order chi connectivity index (χ0) is 48.3. The van der Waals surface area contributed by atoms with Crippen molar-refractivity contribution in [2.45, 2.75) is 19.7 Å². The Morgan fingerprint density at radius 3 is 1.74 bits per heavy atom. The van der Waals surface area contributed by atoms with Gasteiger partial charge in [0.1, 0.15) is 5.82 Å². The number of anilines is 4. The van der Waals surface area contributed by atoms with E-state index >= 15 is 0 Å². The number of pyridine rings is 1. The van der Waals surface area contributed by atoms with Gasteiger partial charge in [-0.05, 0) is 64.5 Å². The van der Waals surface area contributed by atoms with Crippen LogP contribution in [0.25, 0.3) is 77.7 Å². The molecule has 13 rings (SSSR count). The van der Waals surface area contributed by atoms with Crippen LogP contribution in [0.3, 0.4) is 0 Å². The van der Waals surface area contributed by atoms with Crippen LogP contribution in [0.5, 0.6) is 11.5 Å². The van der Waals surface area contributed by atoms with Crippen molar-refractivity contribution < 1.29 is 26.5 Å². The van der Waals surface area contributed by atoms with Crippen LogP contribution in [0.4, 0.5) is 22.7 Å². The number of fused-ring (bicyclic) bond motifs is 6. The molecule has 72 heavy (non-hydrogen) atoms. The van der Waals surface area contributed by atoms with Gasteiger partial charge in [0.2, 0.25) is 0 Å². The van der Waals surface area contributed by atoms with Gasteiger partial charge in [-0.3, -0.25) is 0 Å². The molecule has 4 heterocycles. The van der Waals surface area contributed by atoms with Gasteiger partial charge in [-0.15, -0.1) is 42.7 Å². The Kier molecular flexibility index (Phi) is 11.3. The number of nitrogens with zero attached hydrogens (tertiary/aromatic N) is 5. The van der Waals surface area contributed by atoms with Crippen molar-refractivity contribution in [2.24, 2.45) is 0 Å². The van der Waals surface area contributed by atoms with Crippen molar-refractivity contribution in [3.63, 3.8) is 0 Å². The second-order valence-corrected chi connectivity index (χ2v) is 18.0. The summed E-state index contributed by atoms with van der Waals surface area (Å²) in [6, 6.07) is 85.1. The van der Waals surface area contributed by atoms with Gasteiger partial charge >= 0.3 is 0 Å². The topological polar surface area (TPSA) is 38.5 Å². The van der Waals surface area contributed by atoms with Crippen molar-refractivity contribution in [3.8, 4) is 56.4 Å². The Morgan fingerprint density at radius 2 is 1.07 bits per heavy atom. The van der Waals surface area contributed by atoms with E-state index in [0.29, 0.717) is 17.3 Å². The Labute approximate surface area is 434 Å². The molecule has 0 radical (unpaired) electrons. The van der Waals surface area contributed by atoms with Gasteiger partial charge in [-0.1, -0.05) is 182 Å². The molecular formula is C65H46N5OPd-3. The summed E-state index contributed by atoms with van der Waals surface area (Å²) < 4.78 is 20.8. The van der Waals surface area contributed by atoms with Crippen LogP contribution in [0.15, 0.2) is 231 Å². The Morgan fingerprint density at radius 1 is 0.514 bits per heavy atom. The average molecular weight is 1020 g/mol.